The summed E-state index contributed by atoms with van der Waals surface area (Å²) in [7, 11) is 0. The van der Waals surface area contributed by atoms with Gasteiger partial charge in [-0.15, -0.1) is 11.6 Å². The summed E-state index contributed by atoms with van der Waals surface area (Å²) in [6.45, 7) is 3.05. The Morgan fingerprint density at radius 2 is 2.14 bits per heavy atom. The molecule has 0 aliphatic carbocycles. The fourth-order valence-corrected chi connectivity index (χ4v) is 2.25. The minimum atomic E-state index is 0.370. The van der Waals surface area contributed by atoms with Crippen LogP contribution in [0.1, 0.15) is 18.6 Å². The standard InChI is InChI=1S/C10H13BrClNO/c11-10-2-1-9(14-10)7-13-5-3-8(12)4-6-13/h1-2,8H,3-7H2. The third-order valence-electron chi connectivity index (χ3n) is 2.53. The highest BCUT2D eigenvalue weighted by atomic mass is 79.9. The Morgan fingerprint density at radius 3 is 2.71 bits per heavy atom. The quantitative estimate of drug-likeness (QED) is 0.772. The third kappa shape index (κ3) is 2.75. The molecule has 0 atom stereocenters. The number of hydrogen-bond acceptors (Lipinski definition) is 2. The van der Waals surface area contributed by atoms with Gasteiger partial charge in [-0.05, 0) is 40.9 Å². The van der Waals surface area contributed by atoms with Crippen LogP contribution in [0.2, 0.25) is 0 Å². The van der Waals surface area contributed by atoms with Crippen molar-refractivity contribution in [3.8, 4) is 0 Å². The van der Waals surface area contributed by atoms with Gasteiger partial charge in [0.25, 0.3) is 0 Å². The lowest BCUT2D eigenvalue weighted by Gasteiger charge is -2.28. The molecule has 2 rings (SSSR count). The summed E-state index contributed by atoms with van der Waals surface area (Å²) in [4.78, 5) is 2.38. The second kappa shape index (κ2) is 4.69. The summed E-state index contributed by atoms with van der Waals surface area (Å²) >= 11 is 9.33. The van der Waals surface area contributed by atoms with Crippen molar-refractivity contribution in [3.63, 3.8) is 0 Å². The van der Waals surface area contributed by atoms with Gasteiger partial charge in [0.05, 0.1) is 6.54 Å². The van der Waals surface area contributed by atoms with Gasteiger partial charge >= 0.3 is 0 Å². The number of rotatable bonds is 2. The SMILES string of the molecule is ClC1CCN(Cc2ccc(Br)o2)CC1. The molecule has 0 unspecified atom stereocenters. The van der Waals surface area contributed by atoms with Crippen LogP contribution in [0.4, 0.5) is 0 Å². The lowest BCUT2D eigenvalue weighted by Crippen LogP contribution is -2.33. The molecule has 14 heavy (non-hydrogen) atoms. The lowest BCUT2D eigenvalue weighted by molar-refractivity contribution is 0.206. The van der Waals surface area contributed by atoms with Crippen molar-refractivity contribution in [3.05, 3.63) is 22.6 Å². The molecule has 0 amide bonds. The van der Waals surface area contributed by atoms with Crippen LogP contribution in [0.5, 0.6) is 0 Å². The topological polar surface area (TPSA) is 16.4 Å². The molecular formula is C10H13BrClNO. The predicted molar refractivity (Wildman–Crippen MR) is 60.6 cm³/mol. The highest BCUT2D eigenvalue weighted by Crippen LogP contribution is 2.20. The summed E-state index contributed by atoms with van der Waals surface area (Å²) in [5, 5.41) is 0.370. The number of alkyl halides is 1. The first-order valence-corrected chi connectivity index (χ1v) is 6.07. The van der Waals surface area contributed by atoms with Gasteiger partial charge in [-0.25, -0.2) is 0 Å². The van der Waals surface area contributed by atoms with Crippen LogP contribution in [0, 0.1) is 0 Å². The summed E-state index contributed by atoms with van der Waals surface area (Å²) < 4.78 is 6.26. The molecule has 0 saturated carbocycles. The Kier molecular flexibility index (Phi) is 3.52. The van der Waals surface area contributed by atoms with Gasteiger partial charge in [0.15, 0.2) is 4.67 Å². The Morgan fingerprint density at radius 1 is 1.43 bits per heavy atom. The van der Waals surface area contributed by atoms with Crippen molar-refractivity contribution in [1.29, 1.82) is 0 Å². The fourth-order valence-electron chi connectivity index (χ4n) is 1.72. The van der Waals surface area contributed by atoms with Crippen molar-refractivity contribution < 1.29 is 4.42 Å². The van der Waals surface area contributed by atoms with Gasteiger partial charge in [-0.1, -0.05) is 0 Å². The number of nitrogens with zero attached hydrogens (tertiary/aromatic N) is 1. The van der Waals surface area contributed by atoms with E-state index in [4.69, 9.17) is 16.0 Å². The van der Waals surface area contributed by atoms with Crippen molar-refractivity contribution >= 4 is 27.5 Å². The first-order chi connectivity index (χ1) is 6.74. The van der Waals surface area contributed by atoms with Gasteiger partial charge in [0.1, 0.15) is 5.76 Å². The van der Waals surface area contributed by atoms with E-state index >= 15 is 0 Å². The molecule has 78 valence electrons. The molecule has 2 nitrogen and oxygen atoms in total. The van der Waals surface area contributed by atoms with Crippen molar-refractivity contribution in [2.24, 2.45) is 0 Å². The summed E-state index contributed by atoms with van der Waals surface area (Å²) in [5.41, 5.74) is 0. The average molecular weight is 279 g/mol. The van der Waals surface area contributed by atoms with E-state index in [0.29, 0.717) is 5.38 Å². The van der Waals surface area contributed by atoms with E-state index in [0.717, 1.165) is 42.9 Å². The zero-order chi connectivity index (χ0) is 9.97. The Labute approximate surface area is 97.3 Å². The van der Waals surface area contributed by atoms with Crippen LogP contribution in [-0.4, -0.2) is 23.4 Å². The maximum absolute atomic E-state index is 6.03. The Hall–Kier alpha value is 0.01000. The van der Waals surface area contributed by atoms with Crippen LogP contribution in [0.3, 0.4) is 0 Å². The molecule has 1 aromatic rings. The zero-order valence-corrected chi connectivity index (χ0v) is 10.2. The summed E-state index contributed by atoms with van der Waals surface area (Å²) in [6.07, 6.45) is 2.17. The van der Waals surface area contributed by atoms with E-state index in [1.165, 1.54) is 0 Å². The maximum atomic E-state index is 6.03. The number of likely N-dealkylation sites (tertiary alicyclic amines) is 1. The number of piperidine rings is 1. The first-order valence-electron chi connectivity index (χ1n) is 4.84. The second-order valence-corrected chi connectivity index (χ2v) is 5.06. The molecule has 4 heteroatoms. The van der Waals surface area contributed by atoms with Crippen LogP contribution in [0.25, 0.3) is 0 Å². The molecule has 1 aliphatic heterocycles. The van der Waals surface area contributed by atoms with Crippen LogP contribution in [-0.2, 0) is 6.54 Å². The first kappa shape index (κ1) is 10.5. The minimum absolute atomic E-state index is 0.370. The smallest absolute Gasteiger partial charge is 0.169 e. The molecule has 0 N–H and O–H groups in total. The molecule has 2 heterocycles. The fraction of sp³-hybridized carbons (Fsp3) is 0.600. The summed E-state index contributed by atoms with van der Waals surface area (Å²) in [5.74, 6) is 1.02. The van der Waals surface area contributed by atoms with Gasteiger partial charge < -0.3 is 4.42 Å². The minimum Gasteiger partial charge on any atom is -0.453 e. The molecule has 1 aromatic heterocycles. The van der Waals surface area contributed by atoms with Crippen LogP contribution < -0.4 is 0 Å². The molecule has 1 fully saturated rings. The molecule has 0 radical (unpaired) electrons. The molecule has 1 aliphatic rings. The molecule has 0 spiro atoms. The Balaban J connectivity index is 1.86. The van der Waals surface area contributed by atoms with Gasteiger partial charge in [-0.3, -0.25) is 4.90 Å². The highest BCUT2D eigenvalue weighted by Gasteiger charge is 2.17. The van der Waals surface area contributed by atoms with Gasteiger partial charge in [0.2, 0.25) is 0 Å². The molecule has 0 aromatic carbocycles. The maximum Gasteiger partial charge on any atom is 0.169 e. The predicted octanol–water partition coefficient (Wildman–Crippen LogP) is 3.25. The Bertz CT molecular complexity index is 294. The van der Waals surface area contributed by atoms with Crippen LogP contribution in [0.15, 0.2) is 21.2 Å². The summed E-state index contributed by atoms with van der Waals surface area (Å²) in [6, 6.07) is 3.94. The zero-order valence-electron chi connectivity index (χ0n) is 7.88. The van der Waals surface area contributed by atoms with E-state index in [9.17, 15) is 0 Å². The lowest BCUT2D eigenvalue weighted by atomic mass is 10.1. The van der Waals surface area contributed by atoms with Crippen molar-refractivity contribution in [2.45, 2.75) is 24.8 Å². The van der Waals surface area contributed by atoms with Crippen molar-refractivity contribution in [2.75, 3.05) is 13.1 Å². The largest absolute Gasteiger partial charge is 0.453 e. The molecule has 1 saturated heterocycles. The molecular weight excluding hydrogens is 265 g/mol. The number of halogens is 2. The normalized spacial score (nSPS) is 20.1. The van der Waals surface area contributed by atoms with E-state index in [-0.39, 0.29) is 0 Å². The molecule has 0 bridgehead atoms. The third-order valence-corrected chi connectivity index (χ3v) is 3.39. The number of furan rings is 1. The van der Waals surface area contributed by atoms with Crippen LogP contribution >= 0.6 is 27.5 Å². The van der Waals surface area contributed by atoms with E-state index in [1.54, 1.807) is 0 Å². The second-order valence-electron chi connectivity index (χ2n) is 3.66. The van der Waals surface area contributed by atoms with E-state index in [2.05, 4.69) is 20.8 Å². The highest BCUT2D eigenvalue weighted by molar-refractivity contribution is 9.10. The number of hydrogen-bond donors (Lipinski definition) is 0. The monoisotopic (exact) mass is 277 g/mol. The van der Waals surface area contributed by atoms with Crippen molar-refractivity contribution in [1.82, 2.24) is 4.90 Å². The van der Waals surface area contributed by atoms with E-state index in [1.807, 2.05) is 12.1 Å². The van der Waals surface area contributed by atoms with Gasteiger partial charge in [-0.2, -0.15) is 0 Å². The van der Waals surface area contributed by atoms with Gasteiger partial charge in [0, 0.05) is 18.5 Å². The average Bonchev–Trinajstić information content (AvgIpc) is 2.56. The van der Waals surface area contributed by atoms with E-state index < -0.39 is 0 Å².